The van der Waals surface area contributed by atoms with Gasteiger partial charge in [0.05, 0.1) is 5.41 Å². The number of carbonyl (C=O) groups is 1. The van der Waals surface area contributed by atoms with Crippen LogP contribution in [-0.4, -0.2) is 31.5 Å². The van der Waals surface area contributed by atoms with Crippen LogP contribution in [0.15, 0.2) is 0 Å². The zero-order valence-corrected chi connectivity index (χ0v) is 8.86. The van der Waals surface area contributed by atoms with Crippen molar-refractivity contribution in [2.24, 2.45) is 5.41 Å². The van der Waals surface area contributed by atoms with Crippen LogP contribution in [0, 0.1) is 5.41 Å². The number of hydrogen-bond acceptors (Lipinski definition) is 3. The standard InChI is InChI=1S/C7H10F3NO4S/c8-7(9,10)16(14,15)11-4-6(5(12)13)2-1-3-6/h11H,1-4H2,(H,12,13). The highest BCUT2D eigenvalue weighted by Gasteiger charge is 2.50. The first-order valence-corrected chi connectivity index (χ1v) is 5.88. The van der Waals surface area contributed by atoms with Gasteiger partial charge in [0.2, 0.25) is 0 Å². The summed E-state index contributed by atoms with van der Waals surface area (Å²) in [7, 11) is -5.45. The Kier molecular flexibility index (Phi) is 3.21. The summed E-state index contributed by atoms with van der Waals surface area (Å²) in [5.41, 5.74) is -6.78. The van der Waals surface area contributed by atoms with Crippen molar-refractivity contribution in [3.63, 3.8) is 0 Å². The molecule has 1 rings (SSSR count). The fourth-order valence-electron chi connectivity index (χ4n) is 1.38. The normalized spacial score (nSPS) is 20.2. The second-order valence-corrected chi connectivity index (χ2v) is 5.47. The van der Waals surface area contributed by atoms with Gasteiger partial charge in [-0.3, -0.25) is 4.79 Å². The number of hydrogen-bond donors (Lipinski definition) is 2. The molecule has 9 heteroatoms. The predicted molar refractivity (Wildman–Crippen MR) is 46.9 cm³/mol. The summed E-state index contributed by atoms with van der Waals surface area (Å²) in [5.74, 6) is -1.27. The summed E-state index contributed by atoms with van der Waals surface area (Å²) in [4.78, 5) is 10.8. The minimum Gasteiger partial charge on any atom is -0.481 e. The fourth-order valence-corrected chi connectivity index (χ4v) is 2.01. The maximum absolute atomic E-state index is 11.9. The van der Waals surface area contributed by atoms with Gasteiger partial charge in [-0.2, -0.15) is 13.2 Å². The third-order valence-electron chi connectivity index (χ3n) is 2.67. The Morgan fingerprint density at radius 3 is 2.12 bits per heavy atom. The molecule has 1 saturated carbocycles. The quantitative estimate of drug-likeness (QED) is 0.779. The molecular formula is C7H10F3NO4S. The summed E-state index contributed by atoms with van der Waals surface area (Å²) in [5, 5.41) is 8.77. The van der Waals surface area contributed by atoms with Gasteiger partial charge in [0, 0.05) is 6.54 Å². The molecule has 0 heterocycles. The molecule has 0 aliphatic heterocycles. The number of rotatable bonds is 4. The molecule has 16 heavy (non-hydrogen) atoms. The van der Waals surface area contributed by atoms with E-state index in [0.717, 1.165) is 0 Å². The first-order valence-electron chi connectivity index (χ1n) is 4.40. The molecule has 0 atom stereocenters. The molecule has 0 aromatic heterocycles. The number of carboxylic acid groups (broad SMARTS) is 1. The van der Waals surface area contributed by atoms with Crippen LogP contribution >= 0.6 is 0 Å². The lowest BCUT2D eigenvalue weighted by atomic mass is 9.69. The number of alkyl halides is 3. The van der Waals surface area contributed by atoms with Crippen LogP contribution in [0.3, 0.4) is 0 Å². The highest BCUT2D eigenvalue weighted by Crippen LogP contribution is 2.41. The summed E-state index contributed by atoms with van der Waals surface area (Å²) < 4.78 is 58.4. The topological polar surface area (TPSA) is 83.5 Å². The van der Waals surface area contributed by atoms with Gasteiger partial charge in [-0.15, -0.1) is 0 Å². The molecule has 1 aliphatic rings. The number of sulfonamides is 1. The number of halogens is 3. The molecule has 1 fully saturated rings. The van der Waals surface area contributed by atoms with Crippen molar-refractivity contribution >= 4 is 16.0 Å². The van der Waals surface area contributed by atoms with Gasteiger partial charge < -0.3 is 5.11 Å². The predicted octanol–water partition coefficient (Wildman–Crippen LogP) is 0.681. The smallest absolute Gasteiger partial charge is 0.481 e. The van der Waals surface area contributed by atoms with Gasteiger partial charge in [-0.05, 0) is 12.8 Å². The lowest BCUT2D eigenvalue weighted by Gasteiger charge is -2.37. The highest BCUT2D eigenvalue weighted by molar-refractivity contribution is 7.90. The second-order valence-electron chi connectivity index (χ2n) is 3.71. The minimum atomic E-state index is -5.45. The Hall–Kier alpha value is -0.830. The third-order valence-corrected chi connectivity index (χ3v) is 3.80. The van der Waals surface area contributed by atoms with Crippen molar-refractivity contribution in [3.8, 4) is 0 Å². The Morgan fingerprint density at radius 1 is 1.38 bits per heavy atom. The molecule has 0 bridgehead atoms. The molecule has 0 aromatic carbocycles. The average Bonchev–Trinajstić information content (AvgIpc) is 1.98. The molecule has 5 nitrogen and oxygen atoms in total. The monoisotopic (exact) mass is 261 g/mol. The summed E-state index contributed by atoms with van der Waals surface area (Å²) in [6.07, 6.45) is 0.936. The largest absolute Gasteiger partial charge is 0.511 e. The summed E-state index contributed by atoms with van der Waals surface area (Å²) in [6, 6.07) is 0. The Balaban J connectivity index is 2.68. The van der Waals surface area contributed by atoms with E-state index >= 15 is 0 Å². The molecule has 0 spiro atoms. The zero-order chi connectivity index (χ0) is 12.6. The highest BCUT2D eigenvalue weighted by atomic mass is 32.2. The lowest BCUT2D eigenvalue weighted by Crippen LogP contribution is -2.49. The molecule has 0 amide bonds. The number of aliphatic carboxylic acids is 1. The second kappa shape index (κ2) is 3.88. The van der Waals surface area contributed by atoms with E-state index in [0.29, 0.717) is 6.42 Å². The number of carboxylic acids is 1. The van der Waals surface area contributed by atoms with E-state index in [1.807, 2.05) is 0 Å². The summed E-state index contributed by atoms with van der Waals surface area (Å²) in [6.45, 7) is -0.718. The first kappa shape index (κ1) is 13.2. The van der Waals surface area contributed by atoms with Crippen molar-refractivity contribution in [2.75, 3.05) is 6.54 Å². The van der Waals surface area contributed by atoms with E-state index in [1.165, 1.54) is 4.72 Å². The van der Waals surface area contributed by atoms with Crippen LogP contribution in [-0.2, 0) is 14.8 Å². The van der Waals surface area contributed by atoms with E-state index in [2.05, 4.69) is 0 Å². The van der Waals surface area contributed by atoms with Crippen LogP contribution in [0.2, 0.25) is 0 Å². The van der Waals surface area contributed by atoms with E-state index in [1.54, 1.807) is 0 Å². The van der Waals surface area contributed by atoms with Crippen LogP contribution in [0.4, 0.5) is 13.2 Å². The van der Waals surface area contributed by atoms with Gasteiger partial charge in [0.15, 0.2) is 0 Å². The molecule has 0 radical (unpaired) electrons. The summed E-state index contributed by atoms with van der Waals surface area (Å²) >= 11 is 0. The van der Waals surface area contributed by atoms with E-state index in [-0.39, 0.29) is 12.8 Å². The van der Waals surface area contributed by atoms with Gasteiger partial charge in [0.1, 0.15) is 0 Å². The Morgan fingerprint density at radius 2 is 1.88 bits per heavy atom. The van der Waals surface area contributed by atoms with E-state index < -0.39 is 33.5 Å². The molecule has 0 aromatic rings. The van der Waals surface area contributed by atoms with Crippen molar-refractivity contribution < 1.29 is 31.5 Å². The average molecular weight is 261 g/mol. The molecule has 94 valence electrons. The Bertz CT molecular complexity index is 385. The van der Waals surface area contributed by atoms with Crippen molar-refractivity contribution in [1.29, 1.82) is 0 Å². The minimum absolute atomic E-state index is 0.183. The van der Waals surface area contributed by atoms with Crippen molar-refractivity contribution in [1.82, 2.24) is 4.72 Å². The van der Waals surface area contributed by atoms with Crippen LogP contribution in [0.1, 0.15) is 19.3 Å². The van der Waals surface area contributed by atoms with Gasteiger partial charge in [-0.1, -0.05) is 6.42 Å². The molecule has 0 saturated heterocycles. The Labute approximate surface area is 89.7 Å². The van der Waals surface area contributed by atoms with Gasteiger partial charge >= 0.3 is 21.5 Å². The molecule has 2 N–H and O–H groups in total. The SMILES string of the molecule is O=C(O)C1(CNS(=O)(=O)C(F)(F)F)CCC1. The fraction of sp³-hybridized carbons (Fsp3) is 0.857. The van der Waals surface area contributed by atoms with Crippen molar-refractivity contribution in [2.45, 2.75) is 24.8 Å². The first-order chi connectivity index (χ1) is 7.11. The maximum atomic E-state index is 11.9. The molecular weight excluding hydrogens is 251 g/mol. The third kappa shape index (κ3) is 2.29. The van der Waals surface area contributed by atoms with Crippen LogP contribution in [0.5, 0.6) is 0 Å². The van der Waals surface area contributed by atoms with Crippen LogP contribution < -0.4 is 4.72 Å². The van der Waals surface area contributed by atoms with Gasteiger partial charge in [0.25, 0.3) is 0 Å². The van der Waals surface area contributed by atoms with Crippen LogP contribution in [0.25, 0.3) is 0 Å². The van der Waals surface area contributed by atoms with E-state index in [4.69, 9.17) is 5.11 Å². The number of nitrogens with one attached hydrogen (secondary N) is 1. The van der Waals surface area contributed by atoms with Gasteiger partial charge in [-0.25, -0.2) is 13.1 Å². The molecule has 0 unspecified atom stereocenters. The zero-order valence-electron chi connectivity index (χ0n) is 8.04. The van der Waals surface area contributed by atoms with Crippen molar-refractivity contribution in [3.05, 3.63) is 0 Å². The van der Waals surface area contributed by atoms with E-state index in [9.17, 15) is 26.4 Å². The maximum Gasteiger partial charge on any atom is 0.511 e. The molecule has 1 aliphatic carbocycles. The lowest BCUT2D eigenvalue weighted by molar-refractivity contribution is -0.153.